The van der Waals surface area contributed by atoms with Gasteiger partial charge >= 0.3 is 0 Å². The molecule has 14 heavy (non-hydrogen) atoms. The first-order valence-corrected chi connectivity index (χ1v) is 6.20. The van der Waals surface area contributed by atoms with E-state index < -0.39 is 0 Å². The molecular formula is C12H23NO. The topological polar surface area (TPSA) is 32.3 Å². The molecule has 2 heteroatoms. The average Bonchev–Trinajstić information content (AvgIpc) is 3.01. The number of nitrogens with one attached hydrogen (secondary N) is 1. The summed E-state index contributed by atoms with van der Waals surface area (Å²) >= 11 is 0. The number of rotatable bonds is 4. The summed E-state index contributed by atoms with van der Waals surface area (Å²) in [5.41, 5.74) is -0.273. The second-order valence-electron chi connectivity index (χ2n) is 5.11. The van der Waals surface area contributed by atoms with Crippen LogP contribution in [0.3, 0.4) is 0 Å². The van der Waals surface area contributed by atoms with Gasteiger partial charge in [0, 0.05) is 6.04 Å². The Hall–Kier alpha value is -0.0800. The molecule has 2 nitrogen and oxygen atoms in total. The number of hydrogen-bond donors (Lipinski definition) is 2. The lowest BCUT2D eigenvalue weighted by Gasteiger charge is -2.36. The average molecular weight is 197 g/mol. The van der Waals surface area contributed by atoms with Crippen molar-refractivity contribution in [3.63, 3.8) is 0 Å². The number of aliphatic hydroxyl groups is 1. The lowest BCUT2D eigenvalue weighted by Crippen LogP contribution is -2.42. The molecule has 0 spiro atoms. The Morgan fingerprint density at radius 1 is 1.21 bits per heavy atom. The molecule has 0 aliphatic heterocycles. The molecule has 0 aromatic rings. The van der Waals surface area contributed by atoms with Crippen LogP contribution in [-0.2, 0) is 0 Å². The van der Waals surface area contributed by atoms with Crippen molar-refractivity contribution < 1.29 is 5.11 Å². The van der Waals surface area contributed by atoms with Crippen LogP contribution in [0.15, 0.2) is 0 Å². The quantitative estimate of drug-likeness (QED) is 0.723. The predicted octanol–water partition coefficient (Wildman–Crippen LogP) is 2.07. The summed E-state index contributed by atoms with van der Waals surface area (Å²) in [6.45, 7) is 3.34. The van der Waals surface area contributed by atoms with E-state index in [-0.39, 0.29) is 5.60 Å². The van der Waals surface area contributed by atoms with Gasteiger partial charge in [-0.25, -0.2) is 0 Å². The highest BCUT2D eigenvalue weighted by atomic mass is 16.3. The second kappa shape index (κ2) is 4.19. The van der Waals surface area contributed by atoms with E-state index in [1.165, 1.54) is 32.1 Å². The molecule has 2 rings (SSSR count). The molecule has 2 aliphatic rings. The molecule has 0 bridgehead atoms. The monoisotopic (exact) mass is 197 g/mol. The van der Waals surface area contributed by atoms with Crippen LogP contribution < -0.4 is 5.32 Å². The third-order valence-corrected chi connectivity index (χ3v) is 3.87. The van der Waals surface area contributed by atoms with Crippen LogP contribution in [-0.4, -0.2) is 23.3 Å². The molecule has 0 aromatic heterocycles. The van der Waals surface area contributed by atoms with E-state index in [4.69, 9.17) is 0 Å². The van der Waals surface area contributed by atoms with Crippen LogP contribution >= 0.6 is 0 Å². The summed E-state index contributed by atoms with van der Waals surface area (Å²) in [4.78, 5) is 0. The van der Waals surface area contributed by atoms with Gasteiger partial charge < -0.3 is 10.4 Å². The molecule has 0 amide bonds. The van der Waals surface area contributed by atoms with Gasteiger partial charge in [-0.3, -0.25) is 0 Å². The predicted molar refractivity (Wildman–Crippen MR) is 58.2 cm³/mol. The Morgan fingerprint density at radius 2 is 1.86 bits per heavy atom. The zero-order valence-electron chi connectivity index (χ0n) is 9.26. The summed E-state index contributed by atoms with van der Waals surface area (Å²) in [6, 6.07) is 0.675. The largest absolute Gasteiger partial charge is 0.390 e. The minimum absolute atomic E-state index is 0.273. The zero-order chi connectivity index (χ0) is 10.0. The lowest BCUT2D eigenvalue weighted by atomic mass is 9.79. The van der Waals surface area contributed by atoms with E-state index in [9.17, 15) is 5.11 Å². The minimum atomic E-state index is -0.273. The first-order chi connectivity index (χ1) is 6.74. The maximum absolute atomic E-state index is 10.3. The van der Waals surface area contributed by atoms with Crippen LogP contribution in [0.4, 0.5) is 0 Å². The van der Waals surface area contributed by atoms with Gasteiger partial charge in [0.1, 0.15) is 0 Å². The van der Waals surface area contributed by atoms with Gasteiger partial charge in [0.05, 0.1) is 5.60 Å². The fourth-order valence-corrected chi connectivity index (χ4v) is 2.70. The minimum Gasteiger partial charge on any atom is -0.390 e. The van der Waals surface area contributed by atoms with Gasteiger partial charge in [-0.05, 0) is 57.4 Å². The second-order valence-corrected chi connectivity index (χ2v) is 5.11. The summed E-state index contributed by atoms with van der Waals surface area (Å²) in [5, 5.41) is 13.9. The standard InChI is InChI=1S/C12H23NO/c1-2-9-13-11-5-7-12(14,8-6-11)10-3-4-10/h10-11,13-14H,2-9H2,1H3. The van der Waals surface area contributed by atoms with Crippen molar-refractivity contribution in [2.24, 2.45) is 5.92 Å². The van der Waals surface area contributed by atoms with Crippen LogP contribution in [0.1, 0.15) is 51.9 Å². The molecule has 2 fully saturated rings. The molecule has 2 saturated carbocycles. The first-order valence-electron chi connectivity index (χ1n) is 6.20. The van der Waals surface area contributed by atoms with Gasteiger partial charge in [0.15, 0.2) is 0 Å². The summed E-state index contributed by atoms with van der Waals surface area (Å²) < 4.78 is 0. The summed E-state index contributed by atoms with van der Waals surface area (Å²) in [5.74, 6) is 0.648. The zero-order valence-corrected chi connectivity index (χ0v) is 9.26. The van der Waals surface area contributed by atoms with E-state index in [0.717, 1.165) is 19.4 Å². The van der Waals surface area contributed by atoms with Gasteiger partial charge in [0.2, 0.25) is 0 Å². The van der Waals surface area contributed by atoms with Crippen molar-refractivity contribution in [1.82, 2.24) is 5.32 Å². The molecule has 0 radical (unpaired) electrons. The first kappa shape index (κ1) is 10.4. The SMILES string of the molecule is CCCNC1CCC(O)(C2CC2)CC1. The van der Waals surface area contributed by atoms with E-state index in [1.54, 1.807) is 0 Å². The molecule has 0 atom stereocenters. The van der Waals surface area contributed by atoms with E-state index >= 15 is 0 Å². The van der Waals surface area contributed by atoms with Crippen LogP contribution in [0.2, 0.25) is 0 Å². The Morgan fingerprint density at radius 3 is 2.36 bits per heavy atom. The maximum Gasteiger partial charge on any atom is 0.0677 e. The Bertz CT molecular complexity index is 181. The highest BCUT2D eigenvalue weighted by Crippen LogP contribution is 2.46. The number of hydrogen-bond acceptors (Lipinski definition) is 2. The van der Waals surface area contributed by atoms with Crippen molar-refractivity contribution in [1.29, 1.82) is 0 Å². The van der Waals surface area contributed by atoms with Crippen LogP contribution in [0.25, 0.3) is 0 Å². The van der Waals surface area contributed by atoms with E-state index in [1.807, 2.05) is 0 Å². The molecule has 0 saturated heterocycles. The molecule has 0 heterocycles. The van der Waals surface area contributed by atoms with Gasteiger partial charge in [0.25, 0.3) is 0 Å². The van der Waals surface area contributed by atoms with E-state index in [0.29, 0.717) is 12.0 Å². The molecule has 0 aromatic carbocycles. The van der Waals surface area contributed by atoms with Gasteiger partial charge in [-0.15, -0.1) is 0 Å². The van der Waals surface area contributed by atoms with Crippen molar-refractivity contribution in [3.8, 4) is 0 Å². The van der Waals surface area contributed by atoms with Crippen LogP contribution in [0.5, 0.6) is 0 Å². The van der Waals surface area contributed by atoms with Gasteiger partial charge in [-0.1, -0.05) is 6.92 Å². The van der Waals surface area contributed by atoms with Gasteiger partial charge in [-0.2, -0.15) is 0 Å². The Labute approximate surface area is 87.1 Å². The third-order valence-electron chi connectivity index (χ3n) is 3.87. The Balaban J connectivity index is 1.74. The summed E-state index contributed by atoms with van der Waals surface area (Å²) in [7, 11) is 0. The smallest absolute Gasteiger partial charge is 0.0677 e. The maximum atomic E-state index is 10.3. The normalized spacial score (nSPS) is 38.6. The van der Waals surface area contributed by atoms with Crippen molar-refractivity contribution in [2.75, 3.05) is 6.54 Å². The van der Waals surface area contributed by atoms with Crippen molar-refractivity contribution in [2.45, 2.75) is 63.5 Å². The molecule has 2 aliphatic carbocycles. The van der Waals surface area contributed by atoms with E-state index in [2.05, 4.69) is 12.2 Å². The van der Waals surface area contributed by atoms with Crippen molar-refractivity contribution >= 4 is 0 Å². The highest BCUT2D eigenvalue weighted by molar-refractivity contribution is 4.98. The van der Waals surface area contributed by atoms with Crippen molar-refractivity contribution in [3.05, 3.63) is 0 Å². The molecule has 2 N–H and O–H groups in total. The molecule has 0 unspecified atom stereocenters. The molecule has 82 valence electrons. The fourth-order valence-electron chi connectivity index (χ4n) is 2.70. The third kappa shape index (κ3) is 2.29. The fraction of sp³-hybridized carbons (Fsp3) is 1.00. The molecular weight excluding hydrogens is 174 g/mol. The summed E-state index contributed by atoms with van der Waals surface area (Å²) in [6.07, 6.45) is 8.15. The Kier molecular flexibility index (Phi) is 3.13. The van der Waals surface area contributed by atoms with Crippen LogP contribution in [0, 0.1) is 5.92 Å². The lowest BCUT2D eigenvalue weighted by molar-refractivity contribution is -0.0235. The highest BCUT2D eigenvalue weighted by Gasteiger charge is 2.45.